The highest BCUT2D eigenvalue weighted by Crippen LogP contribution is 2.28. The van der Waals surface area contributed by atoms with Crippen LogP contribution in [0, 0.1) is 0 Å². The average molecular weight is 432 g/mol. The summed E-state index contributed by atoms with van der Waals surface area (Å²) in [6, 6.07) is 6.07. The van der Waals surface area contributed by atoms with E-state index in [0.717, 1.165) is 21.3 Å². The minimum Gasteiger partial charge on any atom is -0.442 e. The van der Waals surface area contributed by atoms with Crippen molar-refractivity contribution in [3.05, 3.63) is 35.1 Å². The van der Waals surface area contributed by atoms with Gasteiger partial charge in [0.15, 0.2) is 5.65 Å². The molecule has 0 saturated carbocycles. The molecule has 1 aliphatic heterocycles. The Morgan fingerprint density at radius 3 is 2.81 bits per heavy atom. The predicted molar refractivity (Wildman–Crippen MR) is 108 cm³/mol. The second kappa shape index (κ2) is 6.37. The Kier molecular flexibility index (Phi) is 4.25. The van der Waals surface area contributed by atoms with Crippen molar-refractivity contribution < 1.29 is 9.53 Å². The molecule has 3 aromatic heterocycles. The van der Waals surface area contributed by atoms with Crippen molar-refractivity contribution >= 4 is 44.5 Å². The lowest BCUT2D eigenvalue weighted by atomic mass is 10.1. The van der Waals surface area contributed by atoms with Crippen LogP contribution in [0.4, 0.5) is 10.7 Å². The zero-order valence-corrected chi connectivity index (χ0v) is 17.4. The van der Waals surface area contributed by atoms with Crippen LogP contribution in [0.3, 0.4) is 0 Å². The molecule has 1 amide bonds. The summed E-state index contributed by atoms with van der Waals surface area (Å²) in [6.45, 7) is 7.18. The summed E-state index contributed by atoms with van der Waals surface area (Å²) < 4.78 is 8.58. The van der Waals surface area contributed by atoms with Gasteiger partial charge in [0.1, 0.15) is 6.10 Å². The molecule has 8 heteroatoms. The van der Waals surface area contributed by atoms with Crippen molar-refractivity contribution in [2.45, 2.75) is 32.4 Å². The molecule has 1 aliphatic rings. The first-order chi connectivity index (χ1) is 12.7. The Morgan fingerprint density at radius 2 is 2.11 bits per heavy atom. The van der Waals surface area contributed by atoms with E-state index >= 15 is 0 Å². The molecule has 142 valence electrons. The lowest BCUT2D eigenvalue weighted by Crippen LogP contribution is -2.56. The summed E-state index contributed by atoms with van der Waals surface area (Å²) in [4.78, 5) is 25.2. The quantitative estimate of drug-likeness (QED) is 0.618. The van der Waals surface area contributed by atoms with Crippen LogP contribution in [0.1, 0.15) is 20.8 Å². The summed E-state index contributed by atoms with van der Waals surface area (Å²) in [5.41, 5.74) is 1.49. The lowest BCUT2D eigenvalue weighted by Gasteiger charge is -2.41. The van der Waals surface area contributed by atoms with Crippen molar-refractivity contribution in [1.82, 2.24) is 19.3 Å². The maximum absolute atomic E-state index is 12.3. The van der Waals surface area contributed by atoms with Gasteiger partial charge in [-0.3, -0.25) is 4.40 Å². The number of hydrogen-bond donors (Lipinski definition) is 0. The van der Waals surface area contributed by atoms with Gasteiger partial charge in [0, 0.05) is 34.8 Å². The number of pyridine rings is 1. The van der Waals surface area contributed by atoms with Gasteiger partial charge in [0.25, 0.3) is 0 Å². The molecule has 4 heterocycles. The predicted octanol–water partition coefficient (Wildman–Crippen LogP) is 3.70. The topological polar surface area (TPSA) is 63.0 Å². The highest BCUT2D eigenvalue weighted by atomic mass is 79.9. The summed E-state index contributed by atoms with van der Waals surface area (Å²) in [5.74, 6) is 0.814. The van der Waals surface area contributed by atoms with Crippen LogP contribution < -0.4 is 4.90 Å². The van der Waals surface area contributed by atoms with E-state index in [1.54, 1.807) is 18.1 Å². The third kappa shape index (κ3) is 3.22. The van der Waals surface area contributed by atoms with Crippen molar-refractivity contribution in [3.63, 3.8) is 0 Å². The van der Waals surface area contributed by atoms with Gasteiger partial charge in [-0.15, -0.1) is 0 Å². The molecule has 4 rings (SSSR count). The number of carbonyl (C=O) groups excluding carboxylic acids is 1. The van der Waals surface area contributed by atoms with Crippen molar-refractivity contribution in [2.75, 3.05) is 25.0 Å². The third-order valence-corrected chi connectivity index (χ3v) is 5.39. The standard InChI is InChI=1S/C19H22BrN5O2/c1-19(2,3)23(4)18(26)27-13-10-24(11-13)17-22-16-14(8-12(20)9-21-16)15-6-5-7-25(15)17/h5-9,13H,10-11H2,1-4H3. The summed E-state index contributed by atoms with van der Waals surface area (Å²) in [6.07, 6.45) is 3.31. The van der Waals surface area contributed by atoms with Crippen molar-refractivity contribution in [2.24, 2.45) is 0 Å². The number of carbonyl (C=O) groups is 1. The molecule has 0 aromatic carbocycles. The van der Waals surface area contributed by atoms with Crippen LogP contribution in [0.5, 0.6) is 0 Å². The van der Waals surface area contributed by atoms with Crippen LogP contribution in [0.2, 0.25) is 0 Å². The molecule has 0 radical (unpaired) electrons. The molecule has 3 aromatic rings. The number of hydrogen-bond acceptors (Lipinski definition) is 5. The summed E-state index contributed by atoms with van der Waals surface area (Å²) >= 11 is 3.47. The monoisotopic (exact) mass is 431 g/mol. The largest absolute Gasteiger partial charge is 0.442 e. The number of fused-ring (bicyclic) bond motifs is 3. The molecule has 1 saturated heterocycles. The molecule has 7 nitrogen and oxygen atoms in total. The van der Waals surface area contributed by atoms with Gasteiger partial charge in [-0.25, -0.2) is 9.78 Å². The Balaban J connectivity index is 1.54. The zero-order valence-electron chi connectivity index (χ0n) is 15.8. The Morgan fingerprint density at radius 1 is 1.37 bits per heavy atom. The van der Waals surface area contributed by atoms with Crippen LogP contribution >= 0.6 is 15.9 Å². The maximum Gasteiger partial charge on any atom is 0.410 e. The molecule has 27 heavy (non-hydrogen) atoms. The van der Waals surface area contributed by atoms with Crippen molar-refractivity contribution in [3.8, 4) is 0 Å². The Hall–Kier alpha value is -2.35. The average Bonchev–Trinajstić information content (AvgIpc) is 3.06. The summed E-state index contributed by atoms with van der Waals surface area (Å²) in [5, 5.41) is 0.994. The van der Waals surface area contributed by atoms with E-state index in [2.05, 4.69) is 36.3 Å². The van der Waals surface area contributed by atoms with Crippen molar-refractivity contribution in [1.29, 1.82) is 0 Å². The first kappa shape index (κ1) is 18.0. The van der Waals surface area contributed by atoms with Gasteiger partial charge < -0.3 is 14.5 Å². The van der Waals surface area contributed by atoms with Gasteiger partial charge >= 0.3 is 6.09 Å². The van der Waals surface area contributed by atoms with Gasteiger partial charge in [-0.05, 0) is 54.9 Å². The smallest absolute Gasteiger partial charge is 0.410 e. The SMILES string of the molecule is CN(C(=O)OC1CN(c2nc3ncc(Br)cc3c3cccn23)C1)C(C)(C)C. The molecule has 0 aliphatic carbocycles. The number of anilines is 1. The number of rotatable bonds is 2. The first-order valence-electron chi connectivity index (χ1n) is 8.86. The van der Waals surface area contributed by atoms with Gasteiger partial charge in [0.05, 0.1) is 18.6 Å². The Bertz CT molecular complexity index is 1020. The fourth-order valence-corrected chi connectivity index (χ4v) is 3.36. The highest BCUT2D eigenvalue weighted by molar-refractivity contribution is 9.10. The van der Waals surface area contributed by atoms with E-state index in [-0.39, 0.29) is 17.7 Å². The Labute approximate surface area is 166 Å². The van der Waals surface area contributed by atoms with E-state index in [9.17, 15) is 4.79 Å². The van der Waals surface area contributed by atoms with Crippen LogP contribution in [0.25, 0.3) is 16.6 Å². The van der Waals surface area contributed by atoms with Gasteiger partial charge in [0.2, 0.25) is 5.95 Å². The number of halogens is 1. The molecule has 0 unspecified atom stereocenters. The highest BCUT2D eigenvalue weighted by Gasteiger charge is 2.35. The normalized spacial score (nSPS) is 15.2. The first-order valence-corrected chi connectivity index (χ1v) is 9.65. The fourth-order valence-electron chi connectivity index (χ4n) is 3.03. The molecule has 0 atom stereocenters. The second-order valence-corrected chi connectivity index (χ2v) is 8.76. The number of aromatic nitrogens is 3. The van der Waals surface area contributed by atoms with E-state index in [0.29, 0.717) is 18.7 Å². The van der Waals surface area contributed by atoms with Crippen LogP contribution in [-0.4, -0.2) is 57.1 Å². The number of amides is 1. The van der Waals surface area contributed by atoms with Crippen LogP contribution in [-0.2, 0) is 4.74 Å². The van der Waals surface area contributed by atoms with E-state index in [1.165, 1.54) is 0 Å². The van der Waals surface area contributed by atoms with E-state index < -0.39 is 0 Å². The summed E-state index contributed by atoms with van der Waals surface area (Å²) in [7, 11) is 1.76. The second-order valence-electron chi connectivity index (χ2n) is 7.84. The molecule has 1 fully saturated rings. The van der Waals surface area contributed by atoms with Gasteiger partial charge in [-0.1, -0.05) is 0 Å². The van der Waals surface area contributed by atoms with Crippen LogP contribution in [0.15, 0.2) is 35.1 Å². The maximum atomic E-state index is 12.3. The lowest BCUT2D eigenvalue weighted by molar-refractivity contribution is 0.0362. The molecule has 0 spiro atoms. The third-order valence-electron chi connectivity index (χ3n) is 4.96. The number of nitrogens with zero attached hydrogens (tertiary/aromatic N) is 5. The van der Waals surface area contributed by atoms with Gasteiger partial charge in [-0.2, -0.15) is 4.98 Å². The number of ether oxygens (including phenoxy) is 1. The fraction of sp³-hybridized carbons (Fsp3) is 0.421. The van der Waals surface area contributed by atoms with E-state index in [1.807, 2.05) is 39.1 Å². The molecule has 0 N–H and O–H groups in total. The minimum absolute atomic E-state index is 0.136. The molecular weight excluding hydrogens is 410 g/mol. The molecular formula is C19H22BrN5O2. The molecule has 0 bridgehead atoms. The minimum atomic E-state index is -0.295. The van der Waals surface area contributed by atoms with E-state index in [4.69, 9.17) is 9.72 Å². The zero-order chi connectivity index (χ0) is 19.3.